The minimum absolute atomic E-state index is 0.217. The quantitative estimate of drug-likeness (QED) is 0.885. The van der Waals surface area contributed by atoms with Crippen molar-refractivity contribution in [2.24, 2.45) is 0 Å². The molecule has 5 nitrogen and oxygen atoms in total. The molecule has 0 aliphatic heterocycles. The first-order valence-electron chi connectivity index (χ1n) is 5.08. The van der Waals surface area contributed by atoms with E-state index in [9.17, 15) is 4.79 Å². The summed E-state index contributed by atoms with van der Waals surface area (Å²) in [5.74, 6) is -0.983. The number of hydrogen-bond donors (Lipinski definition) is 2. The highest BCUT2D eigenvalue weighted by atomic mass is 32.1. The first-order valence-corrected chi connectivity index (χ1v) is 5.89. The third-order valence-electron chi connectivity index (χ3n) is 2.23. The summed E-state index contributed by atoms with van der Waals surface area (Å²) in [5, 5.41) is 21.2. The number of nitriles is 1. The summed E-state index contributed by atoms with van der Waals surface area (Å²) in [4.78, 5) is 15.2. The van der Waals surface area contributed by atoms with E-state index in [2.05, 4.69) is 10.3 Å². The Morgan fingerprint density at radius 1 is 1.56 bits per heavy atom. The zero-order valence-corrected chi connectivity index (χ0v) is 10.3. The van der Waals surface area contributed by atoms with Gasteiger partial charge in [0.25, 0.3) is 0 Å². The molecule has 0 aliphatic rings. The van der Waals surface area contributed by atoms with Crippen LogP contribution in [0.15, 0.2) is 24.3 Å². The van der Waals surface area contributed by atoms with Gasteiger partial charge in [-0.25, -0.2) is 9.78 Å². The SMILES string of the molecule is Cc1nc(Nc2cccc(C#N)c2)sc1C(=O)O. The van der Waals surface area contributed by atoms with Gasteiger partial charge in [-0.15, -0.1) is 0 Å². The van der Waals surface area contributed by atoms with Crippen LogP contribution in [0.1, 0.15) is 20.9 Å². The van der Waals surface area contributed by atoms with Gasteiger partial charge < -0.3 is 10.4 Å². The third-order valence-corrected chi connectivity index (χ3v) is 3.29. The number of thiazole rings is 1. The zero-order chi connectivity index (χ0) is 13.1. The number of carboxylic acid groups (broad SMARTS) is 1. The van der Waals surface area contributed by atoms with Crippen molar-refractivity contribution in [2.45, 2.75) is 6.92 Å². The molecule has 2 N–H and O–H groups in total. The summed E-state index contributed by atoms with van der Waals surface area (Å²) in [5.41, 5.74) is 1.72. The molecular weight excluding hydrogens is 250 g/mol. The Balaban J connectivity index is 2.26. The van der Waals surface area contributed by atoms with E-state index in [-0.39, 0.29) is 4.88 Å². The number of aryl methyl sites for hydroxylation is 1. The van der Waals surface area contributed by atoms with Crippen LogP contribution in [0.3, 0.4) is 0 Å². The molecule has 2 rings (SSSR count). The number of nitrogens with one attached hydrogen (secondary N) is 1. The Morgan fingerprint density at radius 2 is 2.33 bits per heavy atom. The Labute approximate surface area is 107 Å². The van der Waals surface area contributed by atoms with Gasteiger partial charge in [0.1, 0.15) is 4.88 Å². The molecule has 1 aromatic heterocycles. The molecule has 1 aromatic carbocycles. The molecule has 0 fully saturated rings. The van der Waals surface area contributed by atoms with Crippen molar-refractivity contribution < 1.29 is 9.90 Å². The fourth-order valence-corrected chi connectivity index (χ4v) is 2.26. The largest absolute Gasteiger partial charge is 0.477 e. The summed E-state index contributed by atoms with van der Waals surface area (Å²) in [6.45, 7) is 1.65. The highest BCUT2D eigenvalue weighted by Crippen LogP contribution is 2.25. The van der Waals surface area contributed by atoms with Crippen LogP contribution < -0.4 is 5.32 Å². The van der Waals surface area contributed by atoms with Crippen LogP contribution in [0, 0.1) is 18.3 Å². The lowest BCUT2D eigenvalue weighted by atomic mass is 10.2. The second-order valence-corrected chi connectivity index (χ2v) is 4.56. The summed E-state index contributed by atoms with van der Waals surface area (Å²) in [6.07, 6.45) is 0. The van der Waals surface area contributed by atoms with Crippen LogP contribution in [0.25, 0.3) is 0 Å². The predicted molar refractivity (Wildman–Crippen MR) is 68.3 cm³/mol. The van der Waals surface area contributed by atoms with E-state index in [4.69, 9.17) is 10.4 Å². The topological polar surface area (TPSA) is 86.0 Å². The number of benzene rings is 1. The van der Waals surface area contributed by atoms with Gasteiger partial charge in [0.2, 0.25) is 0 Å². The van der Waals surface area contributed by atoms with E-state index in [1.54, 1.807) is 31.2 Å². The molecule has 2 aromatic rings. The third kappa shape index (κ3) is 2.47. The number of carboxylic acids is 1. The molecule has 6 heteroatoms. The number of aromatic carboxylic acids is 1. The van der Waals surface area contributed by atoms with Gasteiger partial charge in [0.05, 0.1) is 17.3 Å². The molecule has 0 radical (unpaired) electrons. The van der Waals surface area contributed by atoms with Crippen LogP contribution in [0.5, 0.6) is 0 Å². The lowest BCUT2D eigenvalue weighted by molar-refractivity contribution is 0.0701. The highest BCUT2D eigenvalue weighted by Gasteiger charge is 2.13. The van der Waals surface area contributed by atoms with Gasteiger partial charge >= 0.3 is 5.97 Å². The van der Waals surface area contributed by atoms with Gasteiger partial charge in [-0.05, 0) is 25.1 Å². The number of rotatable bonds is 3. The van der Waals surface area contributed by atoms with Crippen molar-refractivity contribution in [2.75, 3.05) is 5.32 Å². The molecule has 90 valence electrons. The maximum absolute atomic E-state index is 10.9. The lowest BCUT2D eigenvalue weighted by Gasteiger charge is -2.01. The summed E-state index contributed by atoms with van der Waals surface area (Å²) in [7, 11) is 0. The van der Waals surface area contributed by atoms with E-state index < -0.39 is 5.97 Å². The van der Waals surface area contributed by atoms with Crippen LogP contribution in [-0.2, 0) is 0 Å². The molecule has 0 saturated carbocycles. The molecule has 0 aliphatic carbocycles. The van der Waals surface area contributed by atoms with Gasteiger partial charge in [-0.3, -0.25) is 0 Å². The second-order valence-electron chi connectivity index (χ2n) is 3.56. The van der Waals surface area contributed by atoms with E-state index >= 15 is 0 Å². The van der Waals surface area contributed by atoms with E-state index in [0.717, 1.165) is 11.3 Å². The molecule has 0 unspecified atom stereocenters. The van der Waals surface area contributed by atoms with Crippen LogP contribution >= 0.6 is 11.3 Å². The molecule has 0 saturated heterocycles. The molecule has 18 heavy (non-hydrogen) atoms. The number of hydrogen-bond acceptors (Lipinski definition) is 5. The van der Waals surface area contributed by atoms with Gasteiger partial charge in [0.15, 0.2) is 5.13 Å². The number of carbonyl (C=O) groups is 1. The van der Waals surface area contributed by atoms with Crippen molar-refractivity contribution in [3.8, 4) is 6.07 Å². The average molecular weight is 259 g/mol. The Kier molecular flexibility index (Phi) is 3.26. The standard InChI is InChI=1S/C12H9N3O2S/c1-7-10(11(16)17)18-12(14-7)15-9-4-2-3-8(5-9)6-13/h2-5H,1H3,(H,14,15)(H,16,17). The first kappa shape index (κ1) is 12.1. The number of aromatic nitrogens is 1. The van der Waals surface area contributed by atoms with Crippen LogP contribution in [-0.4, -0.2) is 16.1 Å². The molecule has 0 amide bonds. The number of nitrogens with zero attached hydrogens (tertiary/aromatic N) is 2. The fraction of sp³-hybridized carbons (Fsp3) is 0.0833. The molecular formula is C12H9N3O2S. The molecule has 0 spiro atoms. The molecule has 0 bridgehead atoms. The zero-order valence-electron chi connectivity index (χ0n) is 9.47. The Morgan fingerprint density at radius 3 is 2.94 bits per heavy atom. The van der Waals surface area contributed by atoms with Crippen molar-refractivity contribution in [3.05, 3.63) is 40.4 Å². The normalized spacial score (nSPS) is 9.78. The summed E-state index contributed by atoms with van der Waals surface area (Å²) < 4.78 is 0. The summed E-state index contributed by atoms with van der Waals surface area (Å²) in [6, 6.07) is 8.95. The van der Waals surface area contributed by atoms with E-state index in [1.165, 1.54) is 0 Å². The first-order chi connectivity index (χ1) is 8.60. The Hall–Kier alpha value is -2.39. The monoisotopic (exact) mass is 259 g/mol. The van der Waals surface area contributed by atoms with E-state index in [1.807, 2.05) is 6.07 Å². The van der Waals surface area contributed by atoms with Crippen LogP contribution in [0.4, 0.5) is 10.8 Å². The smallest absolute Gasteiger partial charge is 0.347 e. The molecule has 0 atom stereocenters. The van der Waals surface area contributed by atoms with Gasteiger partial charge in [-0.2, -0.15) is 5.26 Å². The van der Waals surface area contributed by atoms with Crippen molar-refractivity contribution in [3.63, 3.8) is 0 Å². The lowest BCUT2D eigenvalue weighted by Crippen LogP contribution is -1.94. The highest BCUT2D eigenvalue weighted by molar-refractivity contribution is 7.17. The van der Waals surface area contributed by atoms with Crippen molar-refractivity contribution in [1.29, 1.82) is 5.26 Å². The molecule has 1 heterocycles. The van der Waals surface area contributed by atoms with Crippen molar-refractivity contribution in [1.82, 2.24) is 4.98 Å². The second kappa shape index (κ2) is 4.85. The van der Waals surface area contributed by atoms with Crippen molar-refractivity contribution >= 4 is 28.1 Å². The van der Waals surface area contributed by atoms with Crippen LogP contribution in [0.2, 0.25) is 0 Å². The van der Waals surface area contributed by atoms with Gasteiger partial charge in [-0.1, -0.05) is 17.4 Å². The maximum Gasteiger partial charge on any atom is 0.347 e. The minimum Gasteiger partial charge on any atom is -0.477 e. The number of anilines is 2. The van der Waals surface area contributed by atoms with Gasteiger partial charge in [0, 0.05) is 5.69 Å². The van der Waals surface area contributed by atoms with E-state index in [0.29, 0.717) is 22.1 Å². The Bertz CT molecular complexity index is 643. The predicted octanol–water partition coefficient (Wildman–Crippen LogP) is 2.77. The summed E-state index contributed by atoms with van der Waals surface area (Å²) >= 11 is 1.07. The maximum atomic E-state index is 10.9. The fourth-order valence-electron chi connectivity index (χ4n) is 1.44. The average Bonchev–Trinajstić information content (AvgIpc) is 2.70. The minimum atomic E-state index is -0.983.